The van der Waals surface area contributed by atoms with Crippen LogP contribution >= 0.6 is 0 Å². The topological polar surface area (TPSA) is 20.3 Å². The number of hydrogen-bond acceptors (Lipinski definition) is 1. The second-order valence-electron chi connectivity index (χ2n) is 3.05. The molecular weight excluding hydrogens is 126 g/mol. The average molecular weight is 139 g/mol. The largest absolute Gasteiger partial charge is 0.333 e. The molecule has 0 fully saturated rings. The summed E-state index contributed by atoms with van der Waals surface area (Å²) in [4.78, 5) is 12.9. The molecule has 0 saturated carbocycles. The van der Waals surface area contributed by atoms with Crippen molar-refractivity contribution in [2.45, 2.75) is 26.8 Å². The molecule has 2 nitrogen and oxygen atoms in total. The van der Waals surface area contributed by atoms with Crippen LogP contribution in [0.2, 0.25) is 0 Å². The van der Waals surface area contributed by atoms with E-state index in [1.165, 1.54) is 5.57 Å². The van der Waals surface area contributed by atoms with Crippen LogP contribution in [0.15, 0.2) is 11.6 Å². The van der Waals surface area contributed by atoms with Crippen LogP contribution in [0.5, 0.6) is 0 Å². The van der Waals surface area contributed by atoms with Crippen molar-refractivity contribution < 1.29 is 4.79 Å². The van der Waals surface area contributed by atoms with Gasteiger partial charge in [-0.05, 0) is 26.3 Å². The van der Waals surface area contributed by atoms with E-state index in [1.807, 2.05) is 25.7 Å². The van der Waals surface area contributed by atoms with Gasteiger partial charge in [0.1, 0.15) is 0 Å². The van der Waals surface area contributed by atoms with Crippen LogP contribution < -0.4 is 0 Å². The molecule has 10 heavy (non-hydrogen) atoms. The van der Waals surface area contributed by atoms with Crippen molar-refractivity contribution in [3.63, 3.8) is 0 Å². The molecule has 1 rings (SSSR count). The van der Waals surface area contributed by atoms with Crippen LogP contribution in [0.25, 0.3) is 0 Å². The Morgan fingerprint density at radius 3 is 2.40 bits per heavy atom. The first-order valence-electron chi connectivity index (χ1n) is 3.59. The van der Waals surface area contributed by atoms with E-state index in [0.717, 1.165) is 6.54 Å². The Balaban J connectivity index is 2.64. The maximum Gasteiger partial charge on any atom is 0.247 e. The lowest BCUT2D eigenvalue weighted by atomic mass is 10.3. The van der Waals surface area contributed by atoms with Gasteiger partial charge in [0.05, 0.1) is 0 Å². The molecule has 0 aromatic heterocycles. The number of amides is 1. The molecule has 0 aromatic carbocycles. The SMILES string of the molecule is CC1=CC(=O)N(C(C)C)C1. The second-order valence-corrected chi connectivity index (χ2v) is 3.05. The van der Waals surface area contributed by atoms with Gasteiger partial charge >= 0.3 is 0 Å². The van der Waals surface area contributed by atoms with Crippen LogP contribution in [0.1, 0.15) is 20.8 Å². The Morgan fingerprint density at radius 1 is 1.60 bits per heavy atom. The fourth-order valence-electron chi connectivity index (χ4n) is 1.12. The van der Waals surface area contributed by atoms with Gasteiger partial charge in [-0.2, -0.15) is 0 Å². The molecule has 0 spiro atoms. The lowest BCUT2D eigenvalue weighted by molar-refractivity contribution is -0.125. The minimum absolute atomic E-state index is 0.160. The lowest BCUT2D eigenvalue weighted by Crippen LogP contribution is -2.32. The Bertz CT molecular complexity index is 182. The molecule has 0 saturated heterocycles. The molecule has 0 bridgehead atoms. The molecule has 0 N–H and O–H groups in total. The summed E-state index contributed by atoms with van der Waals surface area (Å²) in [5, 5.41) is 0. The van der Waals surface area contributed by atoms with E-state index < -0.39 is 0 Å². The summed E-state index contributed by atoms with van der Waals surface area (Å²) in [5.41, 5.74) is 1.17. The van der Waals surface area contributed by atoms with Crippen molar-refractivity contribution in [2.24, 2.45) is 0 Å². The van der Waals surface area contributed by atoms with E-state index >= 15 is 0 Å². The van der Waals surface area contributed by atoms with Crippen molar-refractivity contribution in [2.75, 3.05) is 6.54 Å². The van der Waals surface area contributed by atoms with Gasteiger partial charge in [-0.15, -0.1) is 0 Å². The van der Waals surface area contributed by atoms with E-state index in [9.17, 15) is 4.79 Å². The van der Waals surface area contributed by atoms with Gasteiger partial charge in [-0.25, -0.2) is 0 Å². The lowest BCUT2D eigenvalue weighted by Gasteiger charge is -2.20. The van der Waals surface area contributed by atoms with E-state index in [4.69, 9.17) is 0 Å². The first-order valence-corrected chi connectivity index (χ1v) is 3.59. The molecule has 1 aliphatic heterocycles. The normalized spacial score (nSPS) is 18.6. The molecule has 0 aliphatic carbocycles. The summed E-state index contributed by atoms with van der Waals surface area (Å²) in [6, 6.07) is 0.334. The number of rotatable bonds is 1. The third kappa shape index (κ3) is 1.20. The average Bonchev–Trinajstić information content (AvgIpc) is 2.10. The first kappa shape index (κ1) is 7.32. The highest BCUT2D eigenvalue weighted by Crippen LogP contribution is 2.12. The smallest absolute Gasteiger partial charge is 0.247 e. The molecule has 0 atom stereocenters. The highest BCUT2D eigenvalue weighted by molar-refractivity contribution is 5.91. The summed E-state index contributed by atoms with van der Waals surface area (Å²) in [6.07, 6.45) is 1.71. The van der Waals surface area contributed by atoms with E-state index in [2.05, 4.69) is 0 Å². The van der Waals surface area contributed by atoms with Crippen molar-refractivity contribution in [1.82, 2.24) is 4.90 Å². The minimum atomic E-state index is 0.160. The summed E-state index contributed by atoms with van der Waals surface area (Å²) >= 11 is 0. The molecule has 56 valence electrons. The summed E-state index contributed by atoms with van der Waals surface area (Å²) in [6.45, 7) is 6.87. The van der Waals surface area contributed by atoms with Gasteiger partial charge in [0.25, 0.3) is 0 Å². The monoisotopic (exact) mass is 139 g/mol. The summed E-state index contributed by atoms with van der Waals surface area (Å²) < 4.78 is 0. The van der Waals surface area contributed by atoms with E-state index in [-0.39, 0.29) is 5.91 Å². The van der Waals surface area contributed by atoms with Gasteiger partial charge in [-0.1, -0.05) is 0 Å². The predicted molar refractivity (Wildman–Crippen MR) is 40.6 cm³/mol. The van der Waals surface area contributed by atoms with Crippen LogP contribution in [-0.2, 0) is 4.79 Å². The maximum absolute atomic E-state index is 11.1. The first-order chi connectivity index (χ1) is 4.61. The molecular formula is C8H13NO. The zero-order chi connectivity index (χ0) is 7.72. The van der Waals surface area contributed by atoms with Crippen molar-refractivity contribution in [3.05, 3.63) is 11.6 Å². The molecule has 1 aliphatic rings. The zero-order valence-electron chi connectivity index (χ0n) is 6.72. The Morgan fingerprint density at radius 2 is 2.20 bits per heavy atom. The Labute approximate surface area is 61.5 Å². The molecule has 1 amide bonds. The van der Waals surface area contributed by atoms with E-state index in [0.29, 0.717) is 6.04 Å². The number of carbonyl (C=O) groups is 1. The summed E-state index contributed by atoms with van der Waals surface area (Å²) in [7, 11) is 0. The zero-order valence-corrected chi connectivity index (χ0v) is 6.72. The highest BCUT2D eigenvalue weighted by Gasteiger charge is 2.20. The Kier molecular flexibility index (Phi) is 1.79. The second kappa shape index (κ2) is 2.45. The van der Waals surface area contributed by atoms with Gasteiger partial charge in [0, 0.05) is 18.7 Å². The van der Waals surface area contributed by atoms with Crippen LogP contribution in [0.3, 0.4) is 0 Å². The van der Waals surface area contributed by atoms with Gasteiger partial charge in [-0.3, -0.25) is 4.79 Å². The molecule has 0 unspecified atom stereocenters. The molecule has 1 heterocycles. The third-order valence-corrected chi connectivity index (χ3v) is 1.70. The van der Waals surface area contributed by atoms with Gasteiger partial charge in [0.15, 0.2) is 0 Å². The number of carbonyl (C=O) groups excluding carboxylic acids is 1. The predicted octanol–water partition coefficient (Wildman–Crippen LogP) is 1.18. The minimum Gasteiger partial charge on any atom is -0.333 e. The molecule has 0 radical (unpaired) electrons. The Hall–Kier alpha value is -0.790. The van der Waals surface area contributed by atoms with Crippen molar-refractivity contribution >= 4 is 5.91 Å². The van der Waals surface area contributed by atoms with Gasteiger partial charge in [0.2, 0.25) is 5.91 Å². The quantitative estimate of drug-likeness (QED) is 0.534. The maximum atomic E-state index is 11.1. The third-order valence-electron chi connectivity index (χ3n) is 1.70. The van der Waals surface area contributed by atoms with Crippen molar-refractivity contribution in [1.29, 1.82) is 0 Å². The fraction of sp³-hybridized carbons (Fsp3) is 0.625. The number of hydrogen-bond donors (Lipinski definition) is 0. The van der Waals surface area contributed by atoms with Crippen LogP contribution in [-0.4, -0.2) is 23.4 Å². The van der Waals surface area contributed by atoms with Crippen molar-refractivity contribution in [3.8, 4) is 0 Å². The number of nitrogens with zero attached hydrogens (tertiary/aromatic N) is 1. The molecule has 0 aromatic rings. The van der Waals surface area contributed by atoms with Crippen LogP contribution in [0, 0.1) is 0 Å². The fourth-order valence-corrected chi connectivity index (χ4v) is 1.12. The standard InChI is InChI=1S/C8H13NO/c1-6(2)9-5-7(3)4-8(9)10/h4,6H,5H2,1-3H3. The van der Waals surface area contributed by atoms with Gasteiger partial charge < -0.3 is 4.90 Å². The van der Waals surface area contributed by atoms with E-state index in [1.54, 1.807) is 6.08 Å². The van der Waals surface area contributed by atoms with Crippen LogP contribution in [0.4, 0.5) is 0 Å². The highest BCUT2D eigenvalue weighted by atomic mass is 16.2. The summed E-state index contributed by atoms with van der Waals surface area (Å²) in [5.74, 6) is 0.160. The molecule has 2 heteroatoms.